The van der Waals surface area contributed by atoms with Gasteiger partial charge in [-0.1, -0.05) is 23.7 Å². The second kappa shape index (κ2) is 12.7. The van der Waals surface area contributed by atoms with Gasteiger partial charge in [-0.25, -0.2) is 5.43 Å². The average molecular weight is 513 g/mol. The number of nitrogens with zero attached hydrogens (tertiary/aromatic N) is 2. The second-order valence-electron chi connectivity index (χ2n) is 9.16. The first kappa shape index (κ1) is 26.0. The van der Waals surface area contributed by atoms with E-state index in [2.05, 4.69) is 28.8 Å². The van der Waals surface area contributed by atoms with E-state index in [9.17, 15) is 9.59 Å². The van der Waals surface area contributed by atoms with E-state index in [0.29, 0.717) is 49.4 Å². The van der Waals surface area contributed by atoms with Crippen LogP contribution in [0.2, 0.25) is 5.02 Å². The summed E-state index contributed by atoms with van der Waals surface area (Å²) in [7, 11) is 0. The van der Waals surface area contributed by atoms with E-state index < -0.39 is 0 Å². The van der Waals surface area contributed by atoms with Gasteiger partial charge in [0, 0.05) is 32.0 Å². The van der Waals surface area contributed by atoms with E-state index in [1.807, 2.05) is 29.2 Å². The van der Waals surface area contributed by atoms with E-state index in [0.717, 1.165) is 42.8 Å². The van der Waals surface area contributed by atoms with E-state index in [1.165, 1.54) is 5.56 Å². The largest absolute Gasteiger partial charge is 0.494 e. The highest BCUT2D eigenvalue weighted by atomic mass is 35.5. The Morgan fingerprint density at radius 3 is 2.72 bits per heavy atom. The van der Waals surface area contributed by atoms with Gasteiger partial charge in [0.2, 0.25) is 5.91 Å². The van der Waals surface area contributed by atoms with Crippen LogP contribution < -0.4 is 20.2 Å². The Morgan fingerprint density at radius 2 is 2.00 bits per heavy atom. The zero-order valence-electron chi connectivity index (χ0n) is 20.6. The summed E-state index contributed by atoms with van der Waals surface area (Å²) in [5, 5.41) is 8.07. The Balaban J connectivity index is 1.13. The van der Waals surface area contributed by atoms with Gasteiger partial charge in [-0.2, -0.15) is 5.10 Å². The minimum atomic E-state index is -0.0911. The third-order valence-corrected chi connectivity index (χ3v) is 6.68. The highest BCUT2D eigenvalue weighted by Gasteiger charge is 2.23. The van der Waals surface area contributed by atoms with Crippen LogP contribution in [0, 0.1) is 6.92 Å². The minimum absolute atomic E-state index is 0.0421. The Kier molecular flexibility index (Phi) is 9.19. The lowest BCUT2D eigenvalue weighted by Crippen LogP contribution is -2.46. The lowest BCUT2D eigenvalue weighted by Gasteiger charge is -2.32. The molecule has 2 aromatic rings. The van der Waals surface area contributed by atoms with Crippen LogP contribution in [0.4, 0.5) is 0 Å². The monoisotopic (exact) mass is 512 g/mol. The first-order valence-electron chi connectivity index (χ1n) is 12.5. The first-order valence-corrected chi connectivity index (χ1v) is 12.8. The normalized spacial score (nSPS) is 16.3. The Bertz CT molecular complexity index is 1100. The topological polar surface area (TPSA) is 92.3 Å². The van der Waals surface area contributed by atoms with Crippen LogP contribution in [-0.2, 0) is 9.59 Å². The summed E-state index contributed by atoms with van der Waals surface area (Å²) in [6, 6.07) is 13.8. The molecule has 2 amide bonds. The number of hydrogen-bond acceptors (Lipinski definition) is 6. The van der Waals surface area contributed by atoms with E-state index in [-0.39, 0.29) is 18.4 Å². The van der Waals surface area contributed by atoms with Gasteiger partial charge in [0.25, 0.3) is 5.91 Å². The molecule has 1 fully saturated rings. The van der Waals surface area contributed by atoms with Crippen molar-refractivity contribution in [2.45, 2.75) is 45.1 Å². The van der Waals surface area contributed by atoms with Gasteiger partial charge in [-0.3, -0.25) is 9.59 Å². The summed E-state index contributed by atoms with van der Waals surface area (Å²) < 4.78 is 11.5. The highest BCUT2D eigenvalue weighted by Crippen LogP contribution is 2.27. The first-order chi connectivity index (χ1) is 17.5. The summed E-state index contributed by atoms with van der Waals surface area (Å²) in [4.78, 5) is 25.8. The van der Waals surface area contributed by atoms with E-state index >= 15 is 0 Å². The molecular weight excluding hydrogens is 480 g/mol. The molecule has 0 aromatic heterocycles. The summed E-state index contributed by atoms with van der Waals surface area (Å²) in [5.41, 5.74) is 5.28. The van der Waals surface area contributed by atoms with E-state index in [1.54, 1.807) is 12.1 Å². The Hall–Kier alpha value is -3.10. The number of amides is 2. The number of carbonyl (C=O) groups is 2. The minimum Gasteiger partial charge on any atom is -0.494 e. The van der Waals surface area contributed by atoms with Gasteiger partial charge < -0.3 is 19.7 Å². The molecule has 2 aliphatic rings. The molecule has 4 rings (SSSR count). The number of ether oxygens (including phenoxy) is 2. The van der Waals surface area contributed by atoms with Crippen LogP contribution in [0.15, 0.2) is 47.6 Å². The Morgan fingerprint density at radius 1 is 1.17 bits per heavy atom. The number of hydrazone groups is 1. The number of aryl methyl sites for hydroxylation is 1. The molecule has 36 heavy (non-hydrogen) atoms. The maximum atomic E-state index is 12.7. The van der Waals surface area contributed by atoms with Gasteiger partial charge in [0.05, 0.1) is 17.3 Å². The number of carbonyl (C=O) groups excluding carboxylic acids is 2. The highest BCUT2D eigenvalue weighted by molar-refractivity contribution is 6.32. The molecule has 9 heteroatoms. The van der Waals surface area contributed by atoms with Crippen molar-refractivity contribution in [2.75, 3.05) is 32.8 Å². The number of rotatable bonds is 10. The number of halogens is 1. The van der Waals surface area contributed by atoms with Gasteiger partial charge in [-0.05, 0) is 74.2 Å². The molecule has 0 atom stereocenters. The third-order valence-electron chi connectivity index (χ3n) is 6.38. The molecule has 1 saturated heterocycles. The van der Waals surface area contributed by atoms with Crippen molar-refractivity contribution in [1.29, 1.82) is 0 Å². The summed E-state index contributed by atoms with van der Waals surface area (Å²) in [6.07, 6.45) is 3.73. The molecule has 8 nitrogen and oxygen atoms in total. The fourth-order valence-electron chi connectivity index (χ4n) is 4.32. The molecule has 0 aliphatic carbocycles. The number of likely N-dealkylation sites (tertiary alicyclic amines) is 1. The van der Waals surface area contributed by atoms with Crippen molar-refractivity contribution < 1.29 is 19.1 Å². The number of nitrogens with one attached hydrogen (secondary N) is 2. The molecular formula is C27H33ClN4O4. The van der Waals surface area contributed by atoms with Crippen LogP contribution >= 0.6 is 11.6 Å². The number of hydrogen-bond donors (Lipinski definition) is 2. The summed E-state index contributed by atoms with van der Waals surface area (Å²) in [5.74, 6) is 1.24. The van der Waals surface area contributed by atoms with Crippen molar-refractivity contribution in [1.82, 2.24) is 15.6 Å². The van der Waals surface area contributed by atoms with E-state index in [4.69, 9.17) is 21.1 Å². The van der Waals surface area contributed by atoms with Crippen LogP contribution in [0.25, 0.3) is 0 Å². The number of piperidine rings is 1. The molecule has 2 aliphatic heterocycles. The smallest absolute Gasteiger partial charge is 0.260 e. The molecule has 2 N–H and O–H groups in total. The van der Waals surface area contributed by atoms with Crippen LogP contribution in [0.5, 0.6) is 11.5 Å². The third kappa shape index (κ3) is 7.45. The lowest BCUT2D eigenvalue weighted by molar-refractivity contribution is -0.134. The molecule has 2 heterocycles. The molecule has 192 valence electrons. The molecule has 0 saturated carbocycles. The van der Waals surface area contributed by atoms with Gasteiger partial charge >= 0.3 is 0 Å². The predicted molar refractivity (Wildman–Crippen MR) is 140 cm³/mol. The zero-order valence-corrected chi connectivity index (χ0v) is 21.4. The molecule has 0 radical (unpaired) electrons. The second-order valence-corrected chi connectivity index (χ2v) is 9.56. The van der Waals surface area contributed by atoms with Crippen LogP contribution in [0.1, 0.15) is 43.2 Å². The van der Waals surface area contributed by atoms with Gasteiger partial charge in [0.1, 0.15) is 11.5 Å². The maximum absolute atomic E-state index is 12.7. The van der Waals surface area contributed by atoms with Crippen LogP contribution in [0.3, 0.4) is 0 Å². The van der Waals surface area contributed by atoms with Crippen molar-refractivity contribution in [3.63, 3.8) is 0 Å². The quantitative estimate of drug-likeness (QED) is 0.474. The molecule has 2 aromatic carbocycles. The zero-order chi connectivity index (χ0) is 25.3. The summed E-state index contributed by atoms with van der Waals surface area (Å²) >= 11 is 6.37. The van der Waals surface area contributed by atoms with Gasteiger partial charge in [0.15, 0.2) is 6.61 Å². The van der Waals surface area contributed by atoms with Crippen molar-refractivity contribution in [3.8, 4) is 11.5 Å². The lowest BCUT2D eigenvalue weighted by atomic mass is 10.0. The number of benzene rings is 2. The molecule has 0 spiro atoms. The predicted octanol–water partition coefficient (Wildman–Crippen LogP) is 3.69. The van der Waals surface area contributed by atoms with Crippen molar-refractivity contribution >= 4 is 29.1 Å². The SMILES string of the molecule is Cc1cccc(OCCCNC2CCN(C(=O)COc3ccc(C4=NNC(=O)CC4)cc3Cl)CC2)c1. The molecule has 0 bridgehead atoms. The Labute approximate surface area is 217 Å². The average Bonchev–Trinajstić information content (AvgIpc) is 2.88. The van der Waals surface area contributed by atoms with Crippen molar-refractivity contribution in [2.24, 2.45) is 5.10 Å². The fraction of sp³-hybridized carbons (Fsp3) is 0.444. The van der Waals surface area contributed by atoms with Gasteiger partial charge in [-0.15, -0.1) is 0 Å². The van der Waals surface area contributed by atoms with Crippen LogP contribution in [-0.4, -0.2) is 61.3 Å². The standard InChI is InChI=1S/C27H33ClN4O4/c1-19-4-2-5-22(16-19)35-15-3-12-29-21-10-13-32(14-11-21)27(34)18-36-25-8-6-20(17-23(25)28)24-7-9-26(33)31-30-24/h2,4-6,8,16-17,21,29H,3,7,9-15,18H2,1H3,(H,31,33). The maximum Gasteiger partial charge on any atom is 0.260 e. The molecule has 0 unspecified atom stereocenters. The summed E-state index contributed by atoms with van der Waals surface area (Å²) in [6.45, 7) is 4.99. The fourth-order valence-corrected chi connectivity index (χ4v) is 4.55. The van der Waals surface area contributed by atoms with Crippen molar-refractivity contribution in [3.05, 3.63) is 58.6 Å².